The number of hydrogen-bond donors (Lipinski definition) is 2. The summed E-state index contributed by atoms with van der Waals surface area (Å²) in [5.41, 5.74) is 6.40. The SMILES string of the molecule is COc1ccc(CCC(NN)c2cc(C)cc(Cl)c2)cc1. The smallest absolute Gasteiger partial charge is 0.118 e. The van der Waals surface area contributed by atoms with Gasteiger partial charge in [0.1, 0.15) is 5.75 Å². The van der Waals surface area contributed by atoms with E-state index in [0.29, 0.717) is 0 Å². The number of hydrazine groups is 1. The van der Waals surface area contributed by atoms with Crippen LogP contribution in [0.5, 0.6) is 5.75 Å². The molecule has 0 spiro atoms. The maximum absolute atomic E-state index is 6.12. The van der Waals surface area contributed by atoms with Gasteiger partial charge in [-0.2, -0.15) is 0 Å². The van der Waals surface area contributed by atoms with E-state index >= 15 is 0 Å². The molecule has 3 nitrogen and oxygen atoms in total. The lowest BCUT2D eigenvalue weighted by atomic mass is 9.98. The number of rotatable bonds is 6. The maximum Gasteiger partial charge on any atom is 0.118 e. The Morgan fingerprint density at radius 3 is 2.48 bits per heavy atom. The number of hydrogen-bond acceptors (Lipinski definition) is 3. The van der Waals surface area contributed by atoms with E-state index in [1.165, 1.54) is 5.56 Å². The zero-order valence-corrected chi connectivity index (χ0v) is 13.2. The van der Waals surface area contributed by atoms with Crippen molar-refractivity contribution in [2.45, 2.75) is 25.8 Å². The standard InChI is InChI=1S/C17H21ClN2O/c1-12-9-14(11-15(18)10-12)17(20-19)8-5-13-3-6-16(21-2)7-4-13/h3-4,6-7,9-11,17,20H,5,8,19H2,1-2H3. The number of methoxy groups -OCH3 is 1. The number of halogens is 1. The lowest BCUT2D eigenvalue weighted by Crippen LogP contribution is -2.28. The first-order chi connectivity index (χ1) is 10.1. The molecule has 0 heterocycles. The van der Waals surface area contributed by atoms with Gasteiger partial charge in [-0.1, -0.05) is 29.8 Å². The molecule has 0 bridgehead atoms. The zero-order chi connectivity index (χ0) is 15.2. The Balaban J connectivity index is 2.04. The molecule has 112 valence electrons. The van der Waals surface area contributed by atoms with Crippen LogP contribution in [0.15, 0.2) is 42.5 Å². The van der Waals surface area contributed by atoms with E-state index in [1.807, 2.05) is 31.2 Å². The van der Waals surface area contributed by atoms with E-state index in [2.05, 4.69) is 23.6 Å². The van der Waals surface area contributed by atoms with Gasteiger partial charge in [0.25, 0.3) is 0 Å². The number of nitrogens with one attached hydrogen (secondary N) is 1. The summed E-state index contributed by atoms with van der Waals surface area (Å²) in [6.45, 7) is 2.03. The van der Waals surface area contributed by atoms with Gasteiger partial charge in [0.15, 0.2) is 0 Å². The Kier molecular flexibility index (Phi) is 5.62. The van der Waals surface area contributed by atoms with Crippen molar-refractivity contribution >= 4 is 11.6 Å². The molecule has 4 heteroatoms. The first-order valence-corrected chi connectivity index (χ1v) is 7.36. The highest BCUT2D eigenvalue weighted by molar-refractivity contribution is 6.30. The van der Waals surface area contributed by atoms with Gasteiger partial charge in [-0.05, 0) is 60.7 Å². The molecule has 3 N–H and O–H groups in total. The van der Waals surface area contributed by atoms with Crippen molar-refractivity contribution in [3.05, 3.63) is 64.2 Å². The summed E-state index contributed by atoms with van der Waals surface area (Å²) in [6.07, 6.45) is 1.84. The van der Waals surface area contributed by atoms with Gasteiger partial charge in [-0.3, -0.25) is 11.3 Å². The summed E-state index contributed by atoms with van der Waals surface area (Å²) >= 11 is 6.12. The number of aryl methyl sites for hydroxylation is 2. The summed E-state index contributed by atoms with van der Waals surface area (Å²) < 4.78 is 5.16. The summed E-state index contributed by atoms with van der Waals surface area (Å²) in [7, 11) is 1.67. The largest absolute Gasteiger partial charge is 0.497 e. The van der Waals surface area contributed by atoms with Crippen LogP contribution in [0.25, 0.3) is 0 Å². The average molecular weight is 305 g/mol. The third-order valence-electron chi connectivity index (χ3n) is 3.55. The van der Waals surface area contributed by atoms with Crippen molar-refractivity contribution in [3.63, 3.8) is 0 Å². The molecular weight excluding hydrogens is 284 g/mol. The van der Waals surface area contributed by atoms with Gasteiger partial charge in [-0.25, -0.2) is 0 Å². The molecule has 21 heavy (non-hydrogen) atoms. The fourth-order valence-corrected chi connectivity index (χ4v) is 2.71. The van der Waals surface area contributed by atoms with Crippen molar-refractivity contribution in [2.24, 2.45) is 5.84 Å². The minimum Gasteiger partial charge on any atom is -0.497 e. The fraction of sp³-hybridized carbons (Fsp3) is 0.294. The number of nitrogens with two attached hydrogens (primary N) is 1. The van der Waals surface area contributed by atoms with Crippen molar-refractivity contribution in [1.82, 2.24) is 5.43 Å². The molecule has 0 aliphatic carbocycles. The Hall–Kier alpha value is -1.55. The van der Waals surface area contributed by atoms with Gasteiger partial charge in [0.05, 0.1) is 7.11 Å². The highest BCUT2D eigenvalue weighted by Gasteiger charge is 2.11. The van der Waals surface area contributed by atoms with E-state index in [9.17, 15) is 0 Å². The molecule has 0 amide bonds. The van der Waals surface area contributed by atoms with E-state index in [4.69, 9.17) is 22.2 Å². The third kappa shape index (κ3) is 4.46. The topological polar surface area (TPSA) is 47.3 Å². The highest BCUT2D eigenvalue weighted by atomic mass is 35.5. The predicted octanol–water partition coefficient (Wildman–Crippen LogP) is 3.79. The average Bonchev–Trinajstić information content (AvgIpc) is 2.47. The molecule has 0 aliphatic rings. The van der Waals surface area contributed by atoms with Crippen molar-refractivity contribution in [2.75, 3.05) is 7.11 Å². The van der Waals surface area contributed by atoms with Crippen LogP contribution in [0.1, 0.15) is 29.2 Å². The van der Waals surface area contributed by atoms with Gasteiger partial charge in [0.2, 0.25) is 0 Å². The van der Waals surface area contributed by atoms with E-state index < -0.39 is 0 Å². The van der Waals surface area contributed by atoms with Gasteiger partial charge < -0.3 is 4.74 Å². The predicted molar refractivity (Wildman–Crippen MR) is 87.6 cm³/mol. The molecule has 2 rings (SSSR count). The van der Waals surface area contributed by atoms with Crippen LogP contribution < -0.4 is 16.0 Å². The van der Waals surface area contributed by atoms with E-state index in [-0.39, 0.29) is 6.04 Å². The molecule has 2 aromatic rings. The second-order valence-electron chi connectivity index (χ2n) is 5.17. The van der Waals surface area contributed by atoms with Crippen LogP contribution >= 0.6 is 11.6 Å². The molecule has 0 aromatic heterocycles. The quantitative estimate of drug-likeness (QED) is 0.630. The molecular formula is C17H21ClN2O. The lowest BCUT2D eigenvalue weighted by molar-refractivity contribution is 0.414. The minimum atomic E-state index is 0.0875. The normalized spacial score (nSPS) is 12.2. The monoisotopic (exact) mass is 304 g/mol. The number of benzene rings is 2. The Bertz CT molecular complexity index is 564. The Morgan fingerprint density at radius 1 is 1.19 bits per heavy atom. The molecule has 1 unspecified atom stereocenters. The highest BCUT2D eigenvalue weighted by Crippen LogP contribution is 2.24. The minimum absolute atomic E-state index is 0.0875. The Morgan fingerprint density at radius 2 is 1.90 bits per heavy atom. The molecule has 0 fully saturated rings. The van der Waals surface area contributed by atoms with E-state index in [1.54, 1.807) is 7.11 Å². The summed E-state index contributed by atoms with van der Waals surface area (Å²) in [4.78, 5) is 0. The summed E-state index contributed by atoms with van der Waals surface area (Å²) in [6, 6.07) is 14.2. The number of ether oxygens (including phenoxy) is 1. The molecule has 0 saturated carbocycles. The third-order valence-corrected chi connectivity index (χ3v) is 3.77. The van der Waals surface area contributed by atoms with E-state index in [0.717, 1.165) is 34.7 Å². The molecule has 1 atom stereocenters. The fourth-order valence-electron chi connectivity index (χ4n) is 2.42. The van der Waals surface area contributed by atoms with Crippen LogP contribution in [0, 0.1) is 6.92 Å². The second-order valence-corrected chi connectivity index (χ2v) is 5.60. The summed E-state index contributed by atoms with van der Waals surface area (Å²) in [5, 5.41) is 0.745. The van der Waals surface area contributed by atoms with Gasteiger partial charge in [-0.15, -0.1) is 0 Å². The maximum atomic E-state index is 6.12. The first kappa shape index (κ1) is 15.8. The Labute approximate surface area is 131 Å². The molecule has 0 radical (unpaired) electrons. The zero-order valence-electron chi connectivity index (χ0n) is 12.4. The van der Waals surface area contributed by atoms with Crippen LogP contribution in [0.4, 0.5) is 0 Å². The summed E-state index contributed by atoms with van der Waals surface area (Å²) in [5.74, 6) is 6.57. The van der Waals surface area contributed by atoms with Crippen LogP contribution in [-0.4, -0.2) is 7.11 Å². The molecule has 0 aliphatic heterocycles. The van der Waals surface area contributed by atoms with Crippen molar-refractivity contribution in [1.29, 1.82) is 0 Å². The first-order valence-electron chi connectivity index (χ1n) is 6.98. The lowest BCUT2D eigenvalue weighted by Gasteiger charge is -2.17. The van der Waals surface area contributed by atoms with Crippen LogP contribution in [0.2, 0.25) is 5.02 Å². The van der Waals surface area contributed by atoms with Crippen molar-refractivity contribution < 1.29 is 4.74 Å². The van der Waals surface area contributed by atoms with Gasteiger partial charge >= 0.3 is 0 Å². The van der Waals surface area contributed by atoms with Crippen molar-refractivity contribution in [3.8, 4) is 5.75 Å². The molecule has 0 saturated heterocycles. The van der Waals surface area contributed by atoms with Crippen LogP contribution in [-0.2, 0) is 6.42 Å². The second kappa shape index (κ2) is 7.46. The van der Waals surface area contributed by atoms with Crippen LogP contribution in [0.3, 0.4) is 0 Å². The molecule has 2 aromatic carbocycles. The van der Waals surface area contributed by atoms with Gasteiger partial charge in [0, 0.05) is 11.1 Å².